The van der Waals surface area contributed by atoms with Crippen molar-refractivity contribution in [2.24, 2.45) is 0 Å². The molecule has 1 fully saturated rings. The second-order valence-corrected chi connectivity index (χ2v) is 7.43. The van der Waals surface area contributed by atoms with Gasteiger partial charge in [0.2, 0.25) is 0 Å². The third-order valence-electron chi connectivity index (χ3n) is 4.68. The van der Waals surface area contributed by atoms with Gasteiger partial charge >= 0.3 is 0 Å². The molecule has 1 unspecified atom stereocenters. The quantitative estimate of drug-likeness (QED) is 0.402. The number of likely N-dealkylation sites (tertiary alicyclic amines) is 1. The van der Waals surface area contributed by atoms with Crippen LogP contribution in [0.5, 0.6) is 0 Å². The first-order chi connectivity index (χ1) is 12.2. The maximum atomic E-state index is 7.44. The summed E-state index contributed by atoms with van der Waals surface area (Å²) in [5, 5.41) is 11.1. The summed E-state index contributed by atoms with van der Waals surface area (Å²) in [6, 6.07) is 15.1. The fraction of sp³-hybridized carbons (Fsp3) is 0.350. The molecule has 2 aromatic carbocycles. The Morgan fingerprint density at radius 3 is 2.84 bits per heavy atom. The third-order valence-corrected chi connectivity index (χ3v) is 5.43. The van der Waals surface area contributed by atoms with Crippen LogP contribution in [0, 0.1) is 5.41 Å². The maximum absolute atomic E-state index is 7.44. The first kappa shape index (κ1) is 17.8. The Kier molecular flexibility index (Phi) is 6.00. The van der Waals surface area contributed by atoms with Crippen LogP contribution >= 0.6 is 11.8 Å². The van der Waals surface area contributed by atoms with E-state index in [-0.39, 0.29) is 2.85 Å². The highest BCUT2D eigenvalue weighted by molar-refractivity contribution is 7.98. The number of nitrogens with one attached hydrogen (secondary N) is 2. The van der Waals surface area contributed by atoms with E-state index in [1.165, 1.54) is 29.5 Å². The highest BCUT2D eigenvalue weighted by Gasteiger charge is 2.20. The highest BCUT2D eigenvalue weighted by Crippen LogP contribution is 2.21. The third kappa shape index (κ3) is 4.77. The molecule has 0 spiro atoms. The molecule has 0 saturated carbocycles. The van der Waals surface area contributed by atoms with Crippen LogP contribution in [0.1, 0.15) is 26.8 Å². The molecule has 1 atom stereocenters. The summed E-state index contributed by atoms with van der Waals surface area (Å²) in [4.78, 5) is 3.83. The smallest absolute Gasteiger partial charge is 0.0404 e. The van der Waals surface area contributed by atoms with Crippen LogP contribution in [0.15, 0.2) is 47.4 Å². The van der Waals surface area contributed by atoms with Gasteiger partial charge in [-0.2, -0.15) is 0 Å². The summed E-state index contributed by atoms with van der Waals surface area (Å²) in [5.41, 5.74) is 9.71. The standard InChI is InChI=1S/C20H26N4S.2H2/c1-25-19-7-4-15(5-8-19)13-24-10-2-3-18(14-24)23-17-6-9-20(22)16(11-17)12-21;;/h4-9,11-12,18,21,23H,2-3,10,13-14,22H2,1H3;2*1H. The number of anilines is 2. The van der Waals surface area contributed by atoms with Gasteiger partial charge in [0.05, 0.1) is 0 Å². The number of piperidine rings is 1. The van der Waals surface area contributed by atoms with Crippen molar-refractivity contribution >= 4 is 29.4 Å². The van der Waals surface area contributed by atoms with E-state index in [1.54, 1.807) is 11.8 Å². The Balaban J connectivity index is 0.00000182. The Hall–Kier alpha value is -1.98. The Morgan fingerprint density at radius 2 is 2.12 bits per heavy atom. The van der Waals surface area contributed by atoms with Gasteiger partial charge in [-0.25, -0.2) is 0 Å². The van der Waals surface area contributed by atoms with Crippen molar-refractivity contribution in [3.63, 3.8) is 0 Å². The number of nitrogens with zero attached hydrogens (tertiary/aromatic N) is 1. The van der Waals surface area contributed by atoms with E-state index in [4.69, 9.17) is 11.1 Å². The molecule has 4 N–H and O–H groups in total. The minimum Gasteiger partial charge on any atom is -0.398 e. The number of thioether (sulfide) groups is 1. The monoisotopic (exact) mass is 358 g/mol. The first-order valence-corrected chi connectivity index (χ1v) is 9.92. The number of hydrogen-bond acceptors (Lipinski definition) is 5. The second-order valence-electron chi connectivity index (χ2n) is 6.55. The summed E-state index contributed by atoms with van der Waals surface area (Å²) in [5.74, 6) is 0. The first-order valence-electron chi connectivity index (χ1n) is 8.70. The van der Waals surface area contributed by atoms with Gasteiger partial charge in [0.1, 0.15) is 0 Å². The minimum absolute atomic E-state index is 0. The number of nitrogens with two attached hydrogens (primary N) is 1. The van der Waals surface area contributed by atoms with Gasteiger partial charge in [-0.15, -0.1) is 11.8 Å². The van der Waals surface area contributed by atoms with E-state index >= 15 is 0 Å². The Morgan fingerprint density at radius 1 is 1.32 bits per heavy atom. The van der Waals surface area contributed by atoms with Crippen molar-refractivity contribution in [3.05, 3.63) is 53.6 Å². The van der Waals surface area contributed by atoms with Crippen LogP contribution in [0.2, 0.25) is 0 Å². The second kappa shape index (κ2) is 8.41. The molecule has 1 aliphatic heterocycles. The summed E-state index contributed by atoms with van der Waals surface area (Å²) in [6.45, 7) is 3.19. The zero-order valence-corrected chi connectivity index (χ0v) is 15.5. The average Bonchev–Trinajstić information content (AvgIpc) is 2.64. The van der Waals surface area contributed by atoms with Gasteiger partial charge in [-0.05, 0) is 61.5 Å². The maximum Gasteiger partial charge on any atom is 0.0404 e. The van der Waals surface area contributed by atoms with E-state index in [2.05, 4.69) is 40.7 Å². The molecule has 25 heavy (non-hydrogen) atoms. The van der Waals surface area contributed by atoms with Crippen LogP contribution < -0.4 is 11.1 Å². The van der Waals surface area contributed by atoms with Crippen molar-refractivity contribution in [1.82, 2.24) is 4.90 Å². The van der Waals surface area contributed by atoms with Crippen molar-refractivity contribution in [1.29, 1.82) is 5.41 Å². The number of hydrogen-bond donors (Lipinski definition) is 3. The summed E-state index contributed by atoms with van der Waals surface area (Å²) in [6.07, 6.45) is 5.79. The van der Waals surface area contributed by atoms with E-state index in [0.29, 0.717) is 11.7 Å². The Bertz CT molecular complexity index is 724. The van der Waals surface area contributed by atoms with Gasteiger partial charge in [0, 0.05) is 50.0 Å². The van der Waals surface area contributed by atoms with Crippen LogP contribution in [-0.2, 0) is 6.54 Å². The molecule has 2 aromatic rings. The van der Waals surface area contributed by atoms with Crippen LogP contribution in [0.4, 0.5) is 11.4 Å². The zero-order chi connectivity index (χ0) is 17.6. The molecule has 136 valence electrons. The molecule has 3 rings (SSSR count). The van der Waals surface area contributed by atoms with E-state index in [0.717, 1.165) is 30.9 Å². The number of nitrogen functional groups attached to an aromatic ring is 1. The van der Waals surface area contributed by atoms with Gasteiger partial charge < -0.3 is 16.5 Å². The topological polar surface area (TPSA) is 65.1 Å². The molecular weight excluding hydrogens is 328 g/mol. The molecule has 0 aromatic heterocycles. The van der Waals surface area contributed by atoms with Crippen LogP contribution in [0.25, 0.3) is 0 Å². The number of rotatable bonds is 6. The van der Waals surface area contributed by atoms with Crippen molar-refractivity contribution in [2.45, 2.75) is 30.3 Å². The van der Waals surface area contributed by atoms with Crippen molar-refractivity contribution in [2.75, 3.05) is 30.4 Å². The highest BCUT2D eigenvalue weighted by atomic mass is 32.2. The molecule has 4 nitrogen and oxygen atoms in total. The van der Waals surface area contributed by atoms with Crippen LogP contribution in [0.3, 0.4) is 0 Å². The molecule has 1 heterocycles. The molecule has 0 aliphatic carbocycles. The van der Waals surface area contributed by atoms with E-state index < -0.39 is 0 Å². The van der Waals surface area contributed by atoms with Gasteiger partial charge in [0.25, 0.3) is 0 Å². The van der Waals surface area contributed by atoms with Crippen molar-refractivity contribution < 1.29 is 2.85 Å². The average molecular weight is 359 g/mol. The molecule has 1 saturated heterocycles. The summed E-state index contributed by atoms with van der Waals surface area (Å²) >= 11 is 1.78. The number of benzene rings is 2. The summed E-state index contributed by atoms with van der Waals surface area (Å²) in [7, 11) is 0. The normalized spacial score (nSPS) is 18.0. The molecule has 0 radical (unpaired) electrons. The summed E-state index contributed by atoms with van der Waals surface area (Å²) < 4.78 is 0. The fourth-order valence-electron chi connectivity index (χ4n) is 3.33. The molecule has 0 amide bonds. The molecule has 5 heteroatoms. The molecule has 1 aliphatic rings. The van der Waals surface area contributed by atoms with E-state index in [9.17, 15) is 0 Å². The lowest BCUT2D eigenvalue weighted by Gasteiger charge is -2.33. The molecule has 0 bridgehead atoms. The Labute approximate surface area is 157 Å². The lowest BCUT2D eigenvalue weighted by molar-refractivity contribution is 0.208. The lowest BCUT2D eigenvalue weighted by Crippen LogP contribution is -2.41. The van der Waals surface area contributed by atoms with E-state index in [1.807, 2.05) is 18.2 Å². The van der Waals surface area contributed by atoms with Gasteiger partial charge in [0.15, 0.2) is 0 Å². The van der Waals surface area contributed by atoms with Crippen LogP contribution in [-0.4, -0.2) is 36.5 Å². The SMILES string of the molecule is CSc1ccc(CN2CCCC(Nc3ccc(N)c(C=N)c3)C2)cc1.[HH].[HH]. The zero-order valence-electron chi connectivity index (χ0n) is 14.7. The van der Waals surface area contributed by atoms with Gasteiger partial charge in [-0.3, -0.25) is 4.90 Å². The fourth-order valence-corrected chi connectivity index (χ4v) is 3.74. The van der Waals surface area contributed by atoms with Gasteiger partial charge in [-0.1, -0.05) is 12.1 Å². The largest absolute Gasteiger partial charge is 0.398 e. The predicted octanol–water partition coefficient (Wildman–Crippen LogP) is 4.56. The van der Waals surface area contributed by atoms with Crippen molar-refractivity contribution in [3.8, 4) is 0 Å². The minimum atomic E-state index is 0. The lowest BCUT2D eigenvalue weighted by atomic mass is 10.0. The predicted molar refractivity (Wildman–Crippen MR) is 113 cm³/mol. The molecular formula is C20H30N4S.